The summed E-state index contributed by atoms with van der Waals surface area (Å²) in [6, 6.07) is 6.24. The molecule has 1 aromatic carbocycles. The van der Waals surface area contributed by atoms with Gasteiger partial charge < -0.3 is 9.72 Å². The second kappa shape index (κ2) is 6.82. The number of benzene rings is 1. The summed E-state index contributed by atoms with van der Waals surface area (Å²) in [4.78, 5) is 28.1. The van der Waals surface area contributed by atoms with Crippen LogP contribution < -0.4 is 0 Å². The van der Waals surface area contributed by atoms with E-state index in [2.05, 4.69) is 4.98 Å². The summed E-state index contributed by atoms with van der Waals surface area (Å²) >= 11 is 0. The Bertz CT molecular complexity index is 807. The van der Waals surface area contributed by atoms with Crippen molar-refractivity contribution < 1.29 is 18.7 Å². The second-order valence-corrected chi connectivity index (χ2v) is 6.68. The van der Waals surface area contributed by atoms with Crippen molar-refractivity contribution >= 4 is 11.8 Å². The predicted molar refractivity (Wildman–Crippen MR) is 92.5 cm³/mol. The molecule has 0 radical (unpaired) electrons. The summed E-state index contributed by atoms with van der Waals surface area (Å²) in [6.07, 6.45) is 1.54. The number of aromatic nitrogens is 1. The van der Waals surface area contributed by atoms with Crippen LogP contribution in [0.1, 0.15) is 70.3 Å². The Balaban J connectivity index is 1.89. The molecule has 1 aliphatic rings. The van der Waals surface area contributed by atoms with Crippen molar-refractivity contribution in [3.05, 3.63) is 58.2 Å². The summed E-state index contributed by atoms with van der Waals surface area (Å²) in [5, 5.41) is 0. The fourth-order valence-electron chi connectivity index (χ4n) is 3.33. The molecule has 0 saturated heterocycles. The van der Waals surface area contributed by atoms with Gasteiger partial charge in [0.15, 0.2) is 5.78 Å². The molecule has 3 rings (SSSR count). The number of rotatable bonds is 4. The van der Waals surface area contributed by atoms with E-state index in [1.54, 1.807) is 19.1 Å². The van der Waals surface area contributed by atoms with Gasteiger partial charge in [0.25, 0.3) is 0 Å². The minimum Gasteiger partial charge on any atom is -0.458 e. The molecule has 1 N–H and O–H groups in total. The van der Waals surface area contributed by atoms with E-state index in [0.29, 0.717) is 29.7 Å². The normalized spacial score (nSPS) is 17.9. The molecular formula is C20H22FNO3. The number of H-pyrrole nitrogens is 1. The number of hydrogen-bond acceptors (Lipinski definition) is 3. The summed E-state index contributed by atoms with van der Waals surface area (Å²) in [5.74, 6) is -0.728. The lowest BCUT2D eigenvalue weighted by Gasteiger charge is -2.22. The molecule has 0 spiro atoms. The van der Waals surface area contributed by atoms with Crippen LogP contribution in [-0.2, 0) is 11.2 Å². The second-order valence-electron chi connectivity index (χ2n) is 6.68. The van der Waals surface area contributed by atoms with Gasteiger partial charge in [-0.25, -0.2) is 9.18 Å². The maximum atomic E-state index is 13.1. The quantitative estimate of drug-likeness (QED) is 0.841. The number of ether oxygens (including phenoxy) is 1. The molecule has 2 atom stereocenters. The highest BCUT2D eigenvalue weighted by Gasteiger charge is 2.32. The topological polar surface area (TPSA) is 59.2 Å². The monoisotopic (exact) mass is 343 g/mol. The number of carbonyl (C=O) groups is 2. The lowest BCUT2D eigenvalue weighted by atomic mass is 9.81. The molecule has 0 aliphatic heterocycles. The van der Waals surface area contributed by atoms with E-state index in [1.807, 2.05) is 13.8 Å². The highest BCUT2D eigenvalue weighted by atomic mass is 19.1. The minimum atomic E-state index is -0.424. The molecule has 0 fully saturated rings. The third-order valence-electron chi connectivity index (χ3n) is 4.92. The number of nitrogens with one attached hydrogen (secondary N) is 1. The van der Waals surface area contributed by atoms with Crippen LogP contribution in [0.25, 0.3) is 0 Å². The van der Waals surface area contributed by atoms with Crippen LogP contribution in [0.3, 0.4) is 0 Å². The van der Waals surface area contributed by atoms with Crippen LogP contribution >= 0.6 is 0 Å². The van der Waals surface area contributed by atoms with E-state index in [0.717, 1.165) is 17.7 Å². The molecule has 25 heavy (non-hydrogen) atoms. The zero-order valence-electron chi connectivity index (χ0n) is 14.7. The Labute approximate surface area is 146 Å². The van der Waals surface area contributed by atoms with Crippen molar-refractivity contribution in [1.29, 1.82) is 0 Å². The average molecular weight is 343 g/mol. The Kier molecular flexibility index (Phi) is 4.75. The van der Waals surface area contributed by atoms with Crippen molar-refractivity contribution in [2.75, 3.05) is 0 Å². The molecule has 2 aromatic rings. The molecule has 1 heterocycles. The van der Waals surface area contributed by atoms with Gasteiger partial charge >= 0.3 is 5.97 Å². The fraction of sp³-hybridized carbons (Fsp3) is 0.400. The van der Waals surface area contributed by atoms with Gasteiger partial charge in [0, 0.05) is 17.7 Å². The van der Waals surface area contributed by atoms with Crippen molar-refractivity contribution in [2.24, 2.45) is 0 Å². The molecule has 1 aliphatic carbocycles. The van der Waals surface area contributed by atoms with E-state index in [4.69, 9.17) is 4.74 Å². The van der Waals surface area contributed by atoms with E-state index < -0.39 is 5.97 Å². The van der Waals surface area contributed by atoms with Gasteiger partial charge in [0.1, 0.15) is 11.5 Å². The highest BCUT2D eigenvalue weighted by Crippen LogP contribution is 2.35. The molecule has 132 valence electrons. The van der Waals surface area contributed by atoms with Crippen molar-refractivity contribution in [3.8, 4) is 0 Å². The average Bonchev–Trinajstić information content (AvgIpc) is 2.92. The molecule has 4 nitrogen and oxygen atoms in total. The number of halogens is 1. The zero-order valence-corrected chi connectivity index (χ0v) is 14.7. The first-order chi connectivity index (χ1) is 11.9. The van der Waals surface area contributed by atoms with Gasteiger partial charge in [-0.1, -0.05) is 19.1 Å². The summed E-state index contributed by atoms with van der Waals surface area (Å²) in [6.45, 7) is 5.56. The maximum Gasteiger partial charge on any atom is 0.355 e. The number of esters is 1. The molecule has 5 heteroatoms. The largest absolute Gasteiger partial charge is 0.458 e. The predicted octanol–water partition coefficient (Wildman–Crippen LogP) is 4.33. The van der Waals surface area contributed by atoms with Crippen LogP contribution in [0, 0.1) is 12.7 Å². The highest BCUT2D eigenvalue weighted by molar-refractivity contribution is 6.03. The van der Waals surface area contributed by atoms with Gasteiger partial charge in [-0.15, -0.1) is 0 Å². The number of ketones is 1. The Morgan fingerprint density at radius 2 is 2.00 bits per heavy atom. The van der Waals surface area contributed by atoms with Crippen LogP contribution in [0.2, 0.25) is 0 Å². The third kappa shape index (κ3) is 3.36. The molecule has 0 unspecified atom stereocenters. The smallest absolute Gasteiger partial charge is 0.355 e. The van der Waals surface area contributed by atoms with Crippen LogP contribution in [0.4, 0.5) is 4.39 Å². The van der Waals surface area contributed by atoms with Crippen LogP contribution in [0.5, 0.6) is 0 Å². The SMILES string of the molecule is CC[C@@H](C)OC(=O)c1[nH]c2c(c1C)C(=O)C[C@@H](c1ccc(F)cc1)C2. The minimum absolute atomic E-state index is 0.00640. The number of Topliss-reactive ketones (excluding diaryl/α,β-unsaturated/α-hetero) is 1. The molecule has 1 aromatic heterocycles. The molecule has 0 amide bonds. The van der Waals surface area contributed by atoms with E-state index in [-0.39, 0.29) is 23.6 Å². The lowest BCUT2D eigenvalue weighted by Crippen LogP contribution is -2.18. The first kappa shape index (κ1) is 17.4. The van der Waals surface area contributed by atoms with E-state index in [9.17, 15) is 14.0 Å². The lowest BCUT2D eigenvalue weighted by molar-refractivity contribution is 0.0327. The fourth-order valence-corrected chi connectivity index (χ4v) is 3.33. The molecule has 0 saturated carbocycles. The first-order valence-electron chi connectivity index (χ1n) is 8.61. The van der Waals surface area contributed by atoms with Crippen molar-refractivity contribution in [1.82, 2.24) is 4.98 Å². The van der Waals surface area contributed by atoms with Crippen LogP contribution in [-0.4, -0.2) is 22.8 Å². The molecule has 0 bridgehead atoms. The zero-order chi connectivity index (χ0) is 18.1. The number of hydrogen-bond donors (Lipinski definition) is 1. The Morgan fingerprint density at radius 1 is 1.32 bits per heavy atom. The Morgan fingerprint density at radius 3 is 2.64 bits per heavy atom. The van der Waals surface area contributed by atoms with Gasteiger partial charge in [-0.2, -0.15) is 0 Å². The van der Waals surface area contributed by atoms with Gasteiger partial charge in [-0.3, -0.25) is 4.79 Å². The number of carbonyl (C=O) groups excluding carboxylic acids is 2. The van der Waals surface area contributed by atoms with Gasteiger partial charge in [0.2, 0.25) is 0 Å². The van der Waals surface area contributed by atoms with Crippen LogP contribution in [0.15, 0.2) is 24.3 Å². The number of aromatic amines is 1. The third-order valence-corrected chi connectivity index (χ3v) is 4.92. The summed E-state index contributed by atoms with van der Waals surface area (Å²) < 4.78 is 18.5. The van der Waals surface area contributed by atoms with E-state index in [1.165, 1.54) is 12.1 Å². The summed E-state index contributed by atoms with van der Waals surface area (Å²) in [7, 11) is 0. The van der Waals surface area contributed by atoms with Gasteiger partial charge in [-0.05, 0) is 55.9 Å². The van der Waals surface area contributed by atoms with Crippen molar-refractivity contribution in [2.45, 2.75) is 52.1 Å². The van der Waals surface area contributed by atoms with E-state index >= 15 is 0 Å². The molecular weight excluding hydrogens is 321 g/mol. The van der Waals surface area contributed by atoms with Crippen molar-refractivity contribution in [3.63, 3.8) is 0 Å². The standard InChI is InChI=1S/C20H22FNO3/c1-4-11(2)25-20(24)19-12(3)18-16(22-19)9-14(10-17(18)23)13-5-7-15(21)8-6-13/h5-8,11,14,22H,4,9-10H2,1-3H3/t11-,14+/m1/s1. The maximum absolute atomic E-state index is 13.1. The first-order valence-corrected chi connectivity index (χ1v) is 8.61. The van der Waals surface area contributed by atoms with Gasteiger partial charge in [0.05, 0.1) is 6.10 Å². The summed E-state index contributed by atoms with van der Waals surface area (Å²) in [5.41, 5.74) is 3.31. The number of fused-ring (bicyclic) bond motifs is 1. The Hall–Kier alpha value is -2.43.